The molecule has 0 fully saturated rings. The first-order valence-corrected chi connectivity index (χ1v) is 11.5. The number of hydrogen-bond acceptors (Lipinski definition) is 6. The summed E-state index contributed by atoms with van der Waals surface area (Å²) in [5.41, 5.74) is 4.62. The van der Waals surface area contributed by atoms with Gasteiger partial charge in [0.2, 0.25) is 5.91 Å². The van der Waals surface area contributed by atoms with Crippen molar-refractivity contribution in [1.29, 1.82) is 0 Å². The summed E-state index contributed by atoms with van der Waals surface area (Å²) < 4.78 is 1.62. The number of carbonyl (C=O) groups excluding carboxylic acids is 1. The highest BCUT2D eigenvalue weighted by molar-refractivity contribution is 6.12. The normalized spacial score (nSPS) is 16.5. The molecule has 8 heteroatoms. The van der Waals surface area contributed by atoms with Gasteiger partial charge in [-0.1, -0.05) is 29.5 Å². The number of para-hydroxylation sites is 1. The summed E-state index contributed by atoms with van der Waals surface area (Å²) in [5.74, 6) is -0.0813. The highest BCUT2D eigenvalue weighted by Gasteiger charge is 2.51. The summed E-state index contributed by atoms with van der Waals surface area (Å²) in [6.45, 7) is 1.81. The number of aromatic hydroxyl groups is 1. The van der Waals surface area contributed by atoms with Crippen LogP contribution in [0.15, 0.2) is 91.5 Å². The second kappa shape index (κ2) is 8.42. The van der Waals surface area contributed by atoms with E-state index >= 15 is 0 Å². The van der Waals surface area contributed by atoms with Gasteiger partial charge < -0.3 is 10.4 Å². The third-order valence-corrected chi connectivity index (χ3v) is 6.63. The fraction of sp³-hybridized carbons (Fsp3) is 0.107. The number of anilines is 1. The highest BCUT2D eigenvalue weighted by Crippen LogP contribution is 2.50. The van der Waals surface area contributed by atoms with Crippen LogP contribution in [0.5, 0.6) is 5.75 Å². The van der Waals surface area contributed by atoms with Crippen LogP contribution < -0.4 is 5.32 Å². The number of nitrogens with zero attached hydrogens (tertiary/aromatic N) is 5. The Morgan fingerprint density at radius 1 is 0.944 bits per heavy atom. The predicted octanol–water partition coefficient (Wildman–Crippen LogP) is 3.95. The zero-order chi connectivity index (χ0) is 24.7. The lowest BCUT2D eigenvalue weighted by molar-refractivity contribution is -0.118. The summed E-state index contributed by atoms with van der Waals surface area (Å²) in [4.78, 5) is 22.5. The number of carbonyl (C=O) groups is 1. The molecule has 0 radical (unpaired) electrons. The van der Waals surface area contributed by atoms with Crippen molar-refractivity contribution in [2.75, 3.05) is 5.32 Å². The lowest BCUT2D eigenvalue weighted by Crippen LogP contribution is -2.38. The van der Waals surface area contributed by atoms with E-state index in [0.717, 1.165) is 22.5 Å². The van der Waals surface area contributed by atoms with E-state index in [-0.39, 0.29) is 11.7 Å². The van der Waals surface area contributed by atoms with Gasteiger partial charge >= 0.3 is 0 Å². The average Bonchev–Trinajstić information content (AvgIpc) is 3.48. The summed E-state index contributed by atoms with van der Waals surface area (Å²) in [6, 6.07) is 20.6. The molecule has 1 aliphatic rings. The molecule has 0 saturated carbocycles. The molecule has 1 amide bonds. The van der Waals surface area contributed by atoms with Gasteiger partial charge in [0.15, 0.2) is 0 Å². The number of benzene rings is 2. The van der Waals surface area contributed by atoms with Crippen LogP contribution in [0.3, 0.4) is 0 Å². The van der Waals surface area contributed by atoms with E-state index in [1.807, 2.05) is 67.6 Å². The van der Waals surface area contributed by atoms with Crippen molar-refractivity contribution in [2.45, 2.75) is 18.8 Å². The maximum absolute atomic E-state index is 13.9. The Morgan fingerprint density at radius 3 is 2.56 bits per heavy atom. The van der Waals surface area contributed by atoms with Crippen LogP contribution in [0.1, 0.15) is 33.6 Å². The van der Waals surface area contributed by atoms with Crippen molar-refractivity contribution < 1.29 is 9.90 Å². The molecule has 5 aromatic rings. The van der Waals surface area contributed by atoms with Gasteiger partial charge in [-0.05, 0) is 54.4 Å². The highest BCUT2D eigenvalue weighted by atomic mass is 16.3. The molecule has 4 heterocycles. The SMILES string of the molecule is Cc1cc([C@]2(c3ccncc3)C(=O)Nc3ccccc32)c(-n2cc(Cc3ccccn3)nn2)cc1O. The van der Waals surface area contributed by atoms with Gasteiger partial charge in [-0.3, -0.25) is 14.8 Å². The minimum Gasteiger partial charge on any atom is -0.508 e. The van der Waals surface area contributed by atoms with Gasteiger partial charge in [-0.2, -0.15) is 0 Å². The Hall–Kier alpha value is -4.85. The fourth-order valence-corrected chi connectivity index (χ4v) is 4.93. The molecule has 0 spiro atoms. The second-order valence-corrected chi connectivity index (χ2v) is 8.79. The number of amides is 1. The molecule has 0 aliphatic carbocycles. The van der Waals surface area contributed by atoms with Gasteiger partial charge in [0, 0.05) is 53.6 Å². The number of hydrogen-bond donors (Lipinski definition) is 2. The smallest absolute Gasteiger partial charge is 0.244 e. The summed E-state index contributed by atoms with van der Waals surface area (Å²) in [6.07, 6.45) is 7.41. The molecule has 8 nitrogen and oxygen atoms in total. The van der Waals surface area contributed by atoms with Crippen LogP contribution in [-0.4, -0.2) is 36.0 Å². The van der Waals surface area contributed by atoms with Crippen LogP contribution in [0.4, 0.5) is 5.69 Å². The lowest BCUT2D eigenvalue weighted by Gasteiger charge is -2.31. The van der Waals surface area contributed by atoms with E-state index < -0.39 is 5.41 Å². The van der Waals surface area contributed by atoms with Crippen molar-refractivity contribution >= 4 is 11.6 Å². The molecule has 3 aromatic heterocycles. The Labute approximate surface area is 207 Å². The number of aromatic nitrogens is 5. The van der Waals surface area contributed by atoms with E-state index in [1.54, 1.807) is 35.5 Å². The number of phenolic OH excluding ortho intramolecular Hbond substituents is 1. The molecule has 0 unspecified atom stereocenters. The molecule has 1 aliphatic heterocycles. The number of pyridine rings is 2. The molecule has 0 saturated heterocycles. The Bertz CT molecular complexity index is 1580. The van der Waals surface area contributed by atoms with Crippen LogP contribution in [-0.2, 0) is 16.6 Å². The molecular weight excluding hydrogens is 452 g/mol. The van der Waals surface area contributed by atoms with Gasteiger partial charge in [0.05, 0.1) is 17.6 Å². The number of phenols is 1. The molecule has 6 rings (SSSR count). The topological polar surface area (TPSA) is 106 Å². The zero-order valence-corrected chi connectivity index (χ0v) is 19.5. The standard InChI is InChI=1S/C28H22N6O2/c1-18-14-23(25(16-26(18)35)34-17-21(32-33-34)15-20-6-4-5-11-30-20)28(19-9-12-29-13-10-19)22-7-2-3-8-24(22)31-27(28)36/h2-14,16-17,35H,15H2,1H3,(H,31,36)/t28-/m1/s1. The lowest BCUT2D eigenvalue weighted by atomic mass is 9.69. The second-order valence-electron chi connectivity index (χ2n) is 8.79. The monoisotopic (exact) mass is 474 g/mol. The van der Waals surface area contributed by atoms with Crippen molar-refractivity contribution in [1.82, 2.24) is 25.0 Å². The average molecular weight is 475 g/mol. The van der Waals surface area contributed by atoms with Gasteiger partial charge in [0.1, 0.15) is 11.2 Å². The minimum absolute atomic E-state index is 0.104. The van der Waals surface area contributed by atoms with Crippen LogP contribution in [0, 0.1) is 6.92 Å². The molecule has 2 aromatic carbocycles. The maximum atomic E-state index is 13.9. The Kier molecular flexibility index (Phi) is 5.07. The van der Waals surface area contributed by atoms with E-state index in [0.29, 0.717) is 28.9 Å². The number of fused-ring (bicyclic) bond motifs is 1. The molecule has 2 N–H and O–H groups in total. The third-order valence-electron chi connectivity index (χ3n) is 6.63. The Morgan fingerprint density at radius 2 is 1.75 bits per heavy atom. The van der Waals surface area contributed by atoms with Crippen molar-refractivity contribution in [3.05, 3.63) is 125 Å². The molecule has 36 heavy (non-hydrogen) atoms. The van der Waals surface area contributed by atoms with Crippen LogP contribution in [0.2, 0.25) is 0 Å². The summed E-state index contributed by atoms with van der Waals surface area (Å²) >= 11 is 0. The van der Waals surface area contributed by atoms with Crippen molar-refractivity contribution in [3.63, 3.8) is 0 Å². The minimum atomic E-state index is -1.18. The quantitative estimate of drug-likeness (QED) is 0.400. The maximum Gasteiger partial charge on any atom is 0.244 e. The first kappa shape index (κ1) is 21.7. The summed E-state index contributed by atoms with van der Waals surface area (Å²) in [5, 5.41) is 22.5. The van der Waals surface area contributed by atoms with Gasteiger partial charge in [0.25, 0.3) is 0 Å². The molecular formula is C28H22N6O2. The predicted molar refractivity (Wildman–Crippen MR) is 134 cm³/mol. The van der Waals surface area contributed by atoms with E-state index in [9.17, 15) is 9.90 Å². The first-order valence-electron chi connectivity index (χ1n) is 11.5. The van der Waals surface area contributed by atoms with Gasteiger partial charge in [-0.25, -0.2) is 4.68 Å². The molecule has 0 bridgehead atoms. The zero-order valence-electron chi connectivity index (χ0n) is 19.5. The number of nitrogens with one attached hydrogen (secondary N) is 1. The Balaban J connectivity index is 1.59. The molecule has 176 valence electrons. The summed E-state index contributed by atoms with van der Waals surface area (Å²) in [7, 11) is 0. The van der Waals surface area contributed by atoms with Gasteiger partial charge in [-0.15, -0.1) is 5.10 Å². The van der Waals surface area contributed by atoms with Crippen LogP contribution in [0.25, 0.3) is 5.69 Å². The van der Waals surface area contributed by atoms with E-state index in [2.05, 4.69) is 25.6 Å². The van der Waals surface area contributed by atoms with E-state index in [4.69, 9.17) is 0 Å². The van der Waals surface area contributed by atoms with Crippen LogP contribution >= 0.6 is 0 Å². The van der Waals surface area contributed by atoms with Crippen molar-refractivity contribution in [3.8, 4) is 11.4 Å². The number of rotatable bonds is 5. The third kappa shape index (κ3) is 3.34. The van der Waals surface area contributed by atoms with E-state index in [1.165, 1.54) is 0 Å². The molecule has 1 atom stereocenters. The largest absolute Gasteiger partial charge is 0.508 e. The van der Waals surface area contributed by atoms with Crippen molar-refractivity contribution in [2.24, 2.45) is 0 Å². The fourth-order valence-electron chi connectivity index (χ4n) is 4.93. The number of aryl methyl sites for hydroxylation is 1. The first-order chi connectivity index (χ1) is 17.6.